The van der Waals surface area contributed by atoms with Crippen LogP contribution in [-0.4, -0.2) is 4.57 Å². The van der Waals surface area contributed by atoms with Gasteiger partial charge in [0.15, 0.2) is 0 Å². The third kappa shape index (κ3) is 4.62. The lowest BCUT2D eigenvalue weighted by molar-refractivity contribution is 0.660. The summed E-state index contributed by atoms with van der Waals surface area (Å²) in [6, 6.07) is 67.6. The summed E-state index contributed by atoms with van der Waals surface area (Å²) in [7, 11) is 0. The van der Waals surface area contributed by atoms with Gasteiger partial charge in [-0.15, -0.1) is 0 Å². The number of para-hydroxylation sites is 3. The first kappa shape index (κ1) is 32.8. The Balaban J connectivity index is 1.14. The molecule has 0 atom stereocenters. The van der Waals surface area contributed by atoms with Crippen LogP contribution in [0.4, 0.5) is 17.1 Å². The highest BCUT2D eigenvalue weighted by molar-refractivity contribution is 6.11. The molecule has 2 aliphatic rings. The van der Waals surface area contributed by atoms with E-state index in [0.717, 1.165) is 17.1 Å². The normalized spacial score (nSPS) is 14.4. The number of anilines is 3. The van der Waals surface area contributed by atoms with E-state index in [0.29, 0.717) is 0 Å². The van der Waals surface area contributed by atoms with E-state index < -0.39 is 0 Å². The van der Waals surface area contributed by atoms with Crippen molar-refractivity contribution in [3.63, 3.8) is 0 Å². The smallest absolute Gasteiger partial charge is 0.0541 e. The van der Waals surface area contributed by atoms with Crippen molar-refractivity contribution in [3.05, 3.63) is 204 Å². The van der Waals surface area contributed by atoms with E-state index in [-0.39, 0.29) is 10.8 Å². The zero-order chi connectivity index (χ0) is 37.8. The molecule has 0 N–H and O–H groups in total. The van der Waals surface area contributed by atoms with Gasteiger partial charge >= 0.3 is 0 Å². The highest BCUT2D eigenvalue weighted by Gasteiger charge is 2.37. The quantitative estimate of drug-likeness (QED) is 0.172. The van der Waals surface area contributed by atoms with Crippen LogP contribution in [-0.2, 0) is 10.8 Å². The number of hydrogen-bond acceptors (Lipinski definition) is 1. The average molecular weight is 719 g/mol. The van der Waals surface area contributed by atoms with E-state index in [1.165, 1.54) is 83.1 Å². The van der Waals surface area contributed by atoms with Gasteiger partial charge in [-0.2, -0.15) is 0 Å². The Morgan fingerprint density at radius 2 is 0.929 bits per heavy atom. The Hall–Kier alpha value is -6.64. The molecule has 0 aliphatic heterocycles. The third-order valence-corrected chi connectivity index (χ3v) is 12.8. The maximum atomic E-state index is 2.50. The Labute approximate surface area is 328 Å². The first-order valence-corrected chi connectivity index (χ1v) is 19.8. The molecule has 0 saturated heterocycles. The summed E-state index contributed by atoms with van der Waals surface area (Å²) >= 11 is 0. The summed E-state index contributed by atoms with van der Waals surface area (Å²) in [5, 5.41) is 2.50. The van der Waals surface area contributed by atoms with Crippen molar-refractivity contribution >= 4 is 38.9 Å². The lowest BCUT2D eigenvalue weighted by atomic mass is 9.82. The van der Waals surface area contributed by atoms with Crippen LogP contribution in [0, 0.1) is 0 Å². The molecule has 0 fully saturated rings. The molecule has 2 aliphatic carbocycles. The summed E-state index contributed by atoms with van der Waals surface area (Å²) in [4.78, 5) is 2.50. The summed E-state index contributed by atoms with van der Waals surface area (Å²) in [6.07, 6.45) is 0. The van der Waals surface area contributed by atoms with Crippen LogP contribution in [0.1, 0.15) is 49.9 Å². The first-order chi connectivity index (χ1) is 27.3. The van der Waals surface area contributed by atoms with E-state index in [9.17, 15) is 0 Å². The minimum atomic E-state index is -0.119. The van der Waals surface area contributed by atoms with E-state index in [1.807, 2.05) is 0 Å². The van der Waals surface area contributed by atoms with E-state index in [1.54, 1.807) is 0 Å². The van der Waals surface area contributed by atoms with Gasteiger partial charge in [0.2, 0.25) is 0 Å². The second kappa shape index (κ2) is 11.9. The first-order valence-electron chi connectivity index (χ1n) is 19.8. The van der Waals surface area contributed by atoms with Crippen molar-refractivity contribution < 1.29 is 0 Å². The number of aromatic nitrogens is 1. The van der Waals surface area contributed by atoms with Crippen LogP contribution in [0.2, 0.25) is 0 Å². The fourth-order valence-corrected chi connectivity index (χ4v) is 10.0. The average Bonchev–Trinajstić information content (AvgIpc) is 3.78. The van der Waals surface area contributed by atoms with Crippen molar-refractivity contribution in [2.75, 3.05) is 4.90 Å². The van der Waals surface area contributed by atoms with Crippen LogP contribution in [0.25, 0.3) is 60.9 Å². The molecule has 0 bridgehead atoms. The maximum Gasteiger partial charge on any atom is 0.0541 e. The number of nitrogens with zero attached hydrogens (tertiary/aromatic N) is 2. The molecular formula is C54H42N2. The van der Waals surface area contributed by atoms with Crippen LogP contribution in [0.3, 0.4) is 0 Å². The predicted octanol–water partition coefficient (Wildman–Crippen LogP) is 14.5. The number of hydrogen-bond donors (Lipinski definition) is 0. The molecule has 2 nitrogen and oxygen atoms in total. The van der Waals surface area contributed by atoms with Crippen LogP contribution >= 0.6 is 0 Å². The molecule has 0 saturated carbocycles. The van der Waals surface area contributed by atoms with Gasteiger partial charge in [0.05, 0.1) is 16.7 Å². The molecule has 0 spiro atoms. The van der Waals surface area contributed by atoms with Crippen LogP contribution in [0.5, 0.6) is 0 Å². The minimum absolute atomic E-state index is 0.0646. The molecule has 56 heavy (non-hydrogen) atoms. The number of fused-ring (bicyclic) bond motifs is 9. The van der Waals surface area contributed by atoms with Gasteiger partial charge in [0.1, 0.15) is 0 Å². The summed E-state index contributed by atoms with van der Waals surface area (Å²) in [5.41, 5.74) is 20.1. The van der Waals surface area contributed by atoms with Gasteiger partial charge in [-0.3, -0.25) is 0 Å². The molecule has 268 valence electrons. The summed E-state index contributed by atoms with van der Waals surface area (Å²) in [6.45, 7) is 9.45. The lowest BCUT2D eigenvalue weighted by Crippen LogP contribution is -2.17. The van der Waals surface area contributed by atoms with Crippen molar-refractivity contribution in [1.29, 1.82) is 0 Å². The fraction of sp³-hybridized carbons (Fsp3) is 0.111. The minimum Gasteiger partial charge on any atom is -0.310 e. The van der Waals surface area contributed by atoms with Crippen molar-refractivity contribution in [2.24, 2.45) is 0 Å². The third-order valence-electron chi connectivity index (χ3n) is 12.8. The monoisotopic (exact) mass is 718 g/mol. The molecule has 2 heteroatoms. The topological polar surface area (TPSA) is 8.17 Å². The highest BCUT2D eigenvalue weighted by atomic mass is 15.1. The molecule has 0 unspecified atom stereocenters. The van der Waals surface area contributed by atoms with E-state index >= 15 is 0 Å². The predicted molar refractivity (Wildman–Crippen MR) is 236 cm³/mol. The Bertz CT molecular complexity index is 3030. The van der Waals surface area contributed by atoms with Gasteiger partial charge < -0.3 is 9.47 Å². The molecule has 11 rings (SSSR count). The Morgan fingerprint density at radius 1 is 0.375 bits per heavy atom. The second-order valence-electron chi connectivity index (χ2n) is 16.6. The van der Waals surface area contributed by atoms with Crippen LogP contribution < -0.4 is 4.90 Å². The highest BCUT2D eigenvalue weighted by Crippen LogP contribution is 2.54. The summed E-state index contributed by atoms with van der Waals surface area (Å²) in [5.74, 6) is 0. The second-order valence-corrected chi connectivity index (χ2v) is 16.6. The maximum absolute atomic E-state index is 2.50. The van der Waals surface area contributed by atoms with Crippen LogP contribution in [0.15, 0.2) is 182 Å². The Kier molecular flexibility index (Phi) is 6.98. The standard InChI is InChI=1S/C54H42N2/c1-53(2)47-23-13-9-20-41(47)44-33-37(28-30-48(44)53)55(38-27-29-42-40-19-8-12-22-46(40)54(3,4)49(42)34-38)50-24-14-10-18-39(50)35-26-31-52-45(32-35)43-21-11-15-25-51(43)56(52)36-16-6-5-7-17-36/h5-34H,1-4H3. The van der Waals surface area contributed by atoms with Crippen molar-refractivity contribution in [3.8, 4) is 39.1 Å². The zero-order valence-electron chi connectivity index (χ0n) is 32.2. The molecule has 8 aromatic carbocycles. The fourth-order valence-electron chi connectivity index (χ4n) is 10.0. The van der Waals surface area contributed by atoms with Gasteiger partial charge in [0, 0.05) is 44.2 Å². The number of benzene rings is 8. The SMILES string of the molecule is CC1(C)c2ccccc2-c2cc(N(c3ccc4c(c3)C(C)(C)c3ccccc3-4)c3ccccc3-c3ccc4c(c3)c3ccccc3n4-c3ccccc3)ccc21. The number of rotatable bonds is 5. The largest absolute Gasteiger partial charge is 0.310 e. The molecular weight excluding hydrogens is 677 g/mol. The van der Waals surface area contributed by atoms with Gasteiger partial charge in [0.25, 0.3) is 0 Å². The molecule has 0 radical (unpaired) electrons. The van der Waals surface area contributed by atoms with E-state index in [2.05, 4.69) is 219 Å². The van der Waals surface area contributed by atoms with Gasteiger partial charge in [-0.25, -0.2) is 0 Å². The Morgan fingerprint density at radius 3 is 1.71 bits per heavy atom. The zero-order valence-corrected chi connectivity index (χ0v) is 32.2. The van der Waals surface area contributed by atoms with Crippen molar-refractivity contribution in [1.82, 2.24) is 4.57 Å². The molecule has 0 amide bonds. The van der Waals surface area contributed by atoms with E-state index in [4.69, 9.17) is 0 Å². The van der Waals surface area contributed by atoms with Gasteiger partial charge in [-0.1, -0.05) is 149 Å². The lowest BCUT2D eigenvalue weighted by Gasteiger charge is -2.30. The molecule has 1 aromatic heterocycles. The van der Waals surface area contributed by atoms with Crippen molar-refractivity contribution in [2.45, 2.75) is 38.5 Å². The van der Waals surface area contributed by atoms with Gasteiger partial charge in [-0.05, 0) is 111 Å². The molecule has 9 aromatic rings. The summed E-state index contributed by atoms with van der Waals surface area (Å²) < 4.78 is 2.39. The molecule has 1 heterocycles.